The van der Waals surface area contributed by atoms with E-state index in [-0.39, 0.29) is 18.0 Å². The fourth-order valence-corrected chi connectivity index (χ4v) is 4.47. The number of carbonyl (C=O) groups is 1. The summed E-state index contributed by atoms with van der Waals surface area (Å²) in [7, 11) is -3.15. The fraction of sp³-hybridized carbons (Fsp3) is 0.923. The van der Waals surface area contributed by atoms with Gasteiger partial charge >= 0.3 is 0 Å². The van der Waals surface area contributed by atoms with Crippen LogP contribution in [0.15, 0.2) is 0 Å². The monoisotopic (exact) mass is 303 g/mol. The number of amides is 1. The lowest BCUT2D eigenvalue weighted by Crippen LogP contribution is -2.51. The maximum Gasteiger partial charge on any atom is 0.239 e. The van der Waals surface area contributed by atoms with Gasteiger partial charge in [0.15, 0.2) is 0 Å². The maximum atomic E-state index is 12.3. The van der Waals surface area contributed by atoms with Crippen LogP contribution in [0.4, 0.5) is 0 Å². The number of likely N-dealkylation sites (tertiary alicyclic amines) is 1. The molecule has 1 unspecified atom stereocenters. The first-order valence-corrected chi connectivity index (χ1v) is 9.27. The molecule has 2 fully saturated rings. The SMILES string of the molecule is CCN(C1CCN(C(=O)C2CCCN2)CC1)S(C)(=O)=O. The van der Waals surface area contributed by atoms with Crippen LogP contribution in [0.25, 0.3) is 0 Å². The van der Waals surface area contributed by atoms with Crippen LogP contribution in [0.2, 0.25) is 0 Å². The molecular weight excluding hydrogens is 278 g/mol. The average Bonchev–Trinajstić information content (AvgIpc) is 2.92. The summed E-state index contributed by atoms with van der Waals surface area (Å²) < 4.78 is 25.0. The predicted octanol–water partition coefficient (Wildman–Crippen LogP) is 0.0109. The minimum atomic E-state index is -3.15. The number of nitrogens with zero attached hydrogens (tertiary/aromatic N) is 2. The summed E-state index contributed by atoms with van der Waals surface area (Å²) in [6, 6.07) is 0.0133. The molecule has 1 atom stereocenters. The van der Waals surface area contributed by atoms with Crippen molar-refractivity contribution in [3.63, 3.8) is 0 Å². The topological polar surface area (TPSA) is 69.7 Å². The van der Waals surface area contributed by atoms with Crippen LogP contribution in [-0.2, 0) is 14.8 Å². The van der Waals surface area contributed by atoms with E-state index in [4.69, 9.17) is 0 Å². The van der Waals surface area contributed by atoms with Gasteiger partial charge in [0.25, 0.3) is 0 Å². The molecule has 1 amide bonds. The molecule has 0 aromatic heterocycles. The summed E-state index contributed by atoms with van der Waals surface area (Å²) in [6.45, 7) is 4.61. The maximum absolute atomic E-state index is 12.3. The third-order valence-electron chi connectivity index (χ3n) is 4.28. The summed E-state index contributed by atoms with van der Waals surface area (Å²) in [4.78, 5) is 14.2. The minimum Gasteiger partial charge on any atom is -0.341 e. The molecule has 6 nitrogen and oxygen atoms in total. The van der Waals surface area contributed by atoms with Crippen molar-refractivity contribution in [2.24, 2.45) is 0 Å². The Balaban J connectivity index is 1.90. The van der Waals surface area contributed by atoms with Gasteiger partial charge in [-0.3, -0.25) is 4.79 Å². The summed E-state index contributed by atoms with van der Waals surface area (Å²) in [5, 5.41) is 3.23. The Morgan fingerprint density at radius 2 is 1.95 bits per heavy atom. The number of nitrogens with one attached hydrogen (secondary N) is 1. The van der Waals surface area contributed by atoms with Crippen molar-refractivity contribution in [2.45, 2.75) is 44.7 Å². The zero-order valence-electron chi connectivity index (χ0n) is 12.3. The molecule has 2 aliphatic heterocycles. The molecule has 0 bridgehead atoms. The van der Waals surface area contributed by atoms with E-state index in [2.05, 4.69) is 5.32 Å². The van der Waals surface area contributed by atoms with E-state index in [0.29, 0.717) is 19.6 Å². The number of rotatable bonds is 4. The second-order valence-corrected chi connectivity index (χ2v) is 7.61. The normalized spacial score (nSPS) is 25.4. The van der Waals surface area contributed by atoms with Crippen LogP contribution in [0.5, 0.6) is 0 Å². The second kappa shape index (κ2) is 6.41. The predicted molar refractivity (Wildman–Crippen MR) is 77.9 cm³/mol. The van der Waals surface area contributed by atoms with Crippen molar-refractivity contribution >= 4 is 15.9 Å². The van der Waals surface area contributed by atoms with Crippen LogP contribution < -0.4 is 5.32 Å². The third-order valence-corrected chi connectivity index (χ3v) is 5.69. The first-order valence-electron chi connectivity index (χ1n) is 7.42. The van der Waals surface area contributed by atoms with E-state index >= 15 is 0 Å². The summed E-state index contributed by atoms with van der Waals surface area (Å²) in [6.07, 6.45) is 4.71. The number of hydrogen-bond donors (Lipinski definition) is 1. The second-order valence-electron chi connectivity index (χ2n) is 5.67. The Bertz CT molecular complexity index is 438. The largest absolute Gasteiger partial charge is 0.341 e. The Morgan fingerprint density at radius 3 is 2.40 bits per heavy atom. The Labute approximate surface area is 121 Å². The van der Waals surface area contributed by atoms with Crippen LogP contribution in [0.3, 0.4) is 0 Å². The van der Waals surface area contributed by atoms with Crippen molar-refractivity contribution < 1.29 is 13.2 Å². The van der Waals surface area contributed by atoms with Crippen molar-refractivity contribution in [3.8, 4) is 0 Å². The van der Waals surface area contributed by atoms with Crippen LogP contribution in [0, 0.1) is 0 Å². The van der Waals surface area contributed by atoms with Crippen LogP contribution in [-0.4, -0.2) is 68.0 Å². The first-order chi connectivity index (χ1) is 9.43. The van der Waals surface area contributed by atoms with Gasteiger partial charge < -0.3 is 10.2 Å². The van der Waals surface area contributed by atoms with Crippen molar-refractivity contribution in [3.05, 3.63) is 0 Å². The standard InChI is InChI=1S/C13H25N3O3S/c1-3-16(20(2,18)19)11-6-9-15(10-7-11)13(17)12-5-4-8-14-12/h11-12,14H,3-10H2,1-2H3. The number of sulfonamides is 1. The molecule has 0 aromatic carbocycles. The number of piperidine rings is 1. The van der Waals surface area contributed by atoms with Gasteiger partial charge in [0.1, 0.15) is 0 Å². The average molecular weight is 303 g/mol. The van der Waals surface area contributed by atoms with E-state index in [0.717, 1.165) is 32.2 Å². The molecule has 2 saturated heterocycles. The lowest BCUT2D eigenvalue weighted by molar-refractivity contribution is -0.134. The summed E-state index contributed by atoms with van der Waals surface area (Å²) in [5.41, 5.74) is 0. The lowest BCUT2D eigenvalue weighted by Gasteiger charge is -2.37. The van der Waals surface area contributed by atoms with Gasteiger partial charge in [0.2, 0.25) is 15.9 Å². The van der Waals surface area contributed by atoms with E-state index in [9.17, 15) is 13.2 Å². The lowest BCUT2D eigenvalue weighted by atomic mass is 10.0. The Hall–Kier alpha value is -0.660. The first kappa shape index (κ1) is 15.7. The Morgan fingerprint density at radius 1 is 1.30 bits per heavy atom. The smallest absolute Gasteiger partial charge is 0.239 e. The highest BCUT2D eigenvalue weighted by molar-refractivity contribution is 7.88. The molecule has 2 rings (SSSR count). The minimum absolute atomic E-state index is 0.0243. The summed E-state index contributed by atoms with van der Waals surface area (Å²) >= 11 is 0. The van der Waals surface area contributed by atoms with Crippen molar-refractivity contribution in [1.29, 1.82) is 0 Å². The summed E-state index contributed by atoms with van der Waals surface area (Å²) in [5.74, 6) is 0.184. The number of hydrogen-bond acceptors (Lipinski definition) is 4. The van der Waals surface area contributed by atoms with Gasteiger partial charge in [0.05, 0.1) is 12.3 Å². The van der Waals surface area contributed by atoms with Gasteiger partial charge in [-0.05, 0) is 32.2 Å². The molecular formula is C13H25N3O3S. The van der Waals surface area contributed by atoms with Gasteiger partial charge in [-0.2, -0.15) is 4.31 Å². The molecule has 116 valence electrons. The molecule has 7 heteroatoms. The van der Waals surface area contributed by atoms with E-state index in [1.807, 2.05) is 11.8 Å². The van der Waals surface area contributed by atoms with E-state index < -0.39 is 10.0 Å². The Kier molecular flexibility index (Phi) is 5.04. The third kappa shape index (κ3) is 3.51. The van der Waals surface area contributed by atoms with Crippen molar-refractivity contribution in [2.75, 3.05) is 32.4 Å². The van der Waals surface area contributed by atoms with Gasteiger partial charge in [-0.15, -0.1) is 0 Å². The molecule has 2 heterocycles. The van der Waals surface area contributed by atoms with E-state index in [1.54, 1.807) is 4.31 Å². The molecule has 0 aromatic rings. The highest BCUT2D eigenvalue weighted by atomic mass is 32.2. The highest BCUT2D eigenvalue weighted by Gasteiger charge is 2.33. The molecule has 0 radical (unpaired) electrons. The molecule has 2 aliphatic rings. The van der Waals surface area contributed by atoms with Crippen LogP contribution >= 0.6 is 0 Å². The molecule has 0 saturated carbocycles. The van der Waals surface area contributed by atoms with Gasteiger partial charge in [-0.25, -0.2) is 8.42 Å². The van der Waals surface area contributed by atoms with Gasteiger partial charge in [0, 0.05) is 25.7 Å². The van der Waals surface area contributed by atoms with Gasteiger partial charge in [-0.1, -0.05) is 6.92 Å². The zero-order chi connectivity index (χ0) is 14.8. The number of carbonyl (C=O) groups excluding carboxylic acids is 1. The highest BCUT2D eigenvalue weighted by Crippen LogP contribution is 2.20. The van der Waals surface area contributed by atoms with Crippen LogP contribution in [0.1, 0.15) is 32.6 Å². The van der Waals surface area contributed by atoms with Crippen molar-refractivity contribution in [1.82, 2.24) is 14.5 Å². The molecule has 1 N–H and O–H groups in total. The zero-order valence-corrected chi connectivity index (χ0v) is 13.2. The molecule has 20 heavy (non-hydrogen) atoms. The molecule has 0 aliphatic carbocycles. The van der Waals surface area contributed by atoms with E-state index in [1.165, 1.54) is 6.26 Å². The molecule has 0 spiro atoms. The quantitative estimate of drug-likeness (QED) is 0.794. The fourth-order valence-electron chi connectivity index (χ4n) is 3.25.